The van der Waals surface area contributed by atoms with Gasteiger partial charge in [-0.2, -0.15) is 0 Å². The number of hydrogen-bond donors (Lipinski definition) is 0. The molecule has 0 atom stereocenters. The summed E-state index contributed by atoms with van der Waals surface area (Å²) >= 11 is 3.39. The first-order chi connectivity index (χ1) is 9.00. The standard InChI is InChI=1S/C14H12BrNO3/c1-9(17)16-8-12(19-10(2)18)13(15)14(16)11-6-4-3-5-7-11/h3-8H,1-2H3. The van der Waals surface area contributed by atoms with Crippen molar-refractivity contribution in [3.8, 4) is 17.0 Å². The number of nitrogens with zero attached hydrogens (tertiary/aromatic N) is 1. The quantitative estimate of drug-likeness (QED) is 0.795. The van der Waals surface area contributed by atoms with Gasteiger partial charge >= 0.3 is 5.97 Å². The lowest BCUT2D eigenvalue weighted by Gasteiger charge is -2.05. The zero-order chi connectivity index (χ0) is 14.0. The highest BCUT2D eigenvalue weighted by Crippen LogP contribution is 2.37. The van der Waals surface area contributed by atoms with E-state index in [0.717, 1.165) is 5.56 Å². The van der Waals surface area contributed by atoms with Crippen LogP contribution in [0.3, 0.4) is 0 Å². The van der Waals surface area contributed by atoms with Crippen LogP contribution in [-0.4, -0.2) is 16.4 Å². The van der Waals surface area contributed by atoms with Gasteiger partial charge in [-0.3, -0.25) is 14.2 Å². The van der Waals surface area contributed by atoms with Gasteiger partial charge in [-0.15, -0.1) is 0 Å². The Morgan fingerprint density at radius 2 is 1.79 bits per heavy atom. The number of benzene rings is 1. The van der Waals surface area contributed by atoms with Crippen LogP contribution >= 0.6 is 15.9 Å². The summed E-state index contributed by atoms with van der Waals surface area (Å²) in [6.45, 7) is 2.77. The SMILES string of the molecule is CC(=O)Oc1cn(C(C)=O)c(-c2ccccc2)c1Br. The van der Waals surface area contributed by atoms with Gasteiger partial charge in [0.05, 0.1) is 16.4 Å². The van der Waals surface area contributed by atoms with Crippen LogP contribution in [0.15, 0.2) is 41.0 Å². The van der Waals surface area contributed by atoms with Gasteiger partial charge in [-0.05, 0) is 21.5 Å². The molecule has 0 bridgehead atoms. The van der Waals surface area contributed by atoms with Crippen molar-refractivity contribution in [2.75, 3.05) is 0 Å². The minimum atomic E-state index is -0.430. The normalized spacial score (nSPS) is 10.3. The molecule has 0 spiro atoms. The Morgan fingerprint density at radius 1 is 1.16 bits per heavy atom. The molecule has 0 radical (unpaired) electrons. The monoisotopic (exact) mass is 321 g/mol. The maximum atomic E-state index is 11.7. The molecule has 0 fully saturated rings. The Kier molecular flexibility index (Phi) is 3.85. The molecule has 1 heterocycles. The van der Waals surface area contributed by atoms with Crippen LogP contribution in [0.5, 0.6) is 5.75 Å². The van der Waals surface area contributed by atoms with E-state index in [1.807, 2.05) is 30.3 Å². The lowest BCUT2D eigenvalue weighted by Crippen LogP contribution is -2.05. The van der Waals surface area contributed by atoms with Crippen LogP contribution in [0.4, 0.5) is 0 Å². The van der Waals surface area contributed by atoms with Gasteiger partial charge in [-0.25, -0.2) is 0 Å². The second kappa shape index (κ2) is 5.40. The maximum Gasteiger partial charge on any atom is 0.308 e. The van der Waals surface area contributed by atoms with Crippen molar-refractivity contribution in [2.45, 2.75) is 13.8 Å². The summed E-state index contributed by atoms with van der Waals surface area (Å²) in [7, 11) is 0. The van der Waals surface area contributed by atoms with E-state index in [4.69, 9.17) is 4.74 Å². The maximum absolute atomic E-state index is 11.7. The number of halogens is 1. The zero-order valence-corrected chi connectivity index (χ0v) is 12.1. The molecule has 0 amide bonds. The highest BCUT2D eigenvalue weighted by atomic mass is 79.9. The van der Waals surface area contributed by atoms with Gasteiger partial charge < -0.3 is 4.74 Å². The summed E-state index contributed by atoms with van der Waals surface area (Å²) in [5.41, 5.74) is 1.53. The van der Waals surface area contributed by atoms with Gasteiger partial charge in [0.25, 0.3) is 0 Å². The Balaban J connectivity index is 2.61. The fourth-order valence-corrected chi connectivity index (χ4v) is 2.40. The highest BCUT2D eigenvalue weighted by Gasteiger charge is 2.19. The molecule has 4 nitrogen and oxygen atoms in total. The van der Waals surface area contributed by atoms with E-state index in [1.165, 1.54) is 24.6 Å². The molecule has 0 N–H and O–H groups in total. The third-order valence-electron chi connectivity index (χ3n) is 2.55. The molecule has 2 rings (SSSR count). The molecule has 5 heteroatoms. The molecular formula is C14H12BrNO3. The van der Waals surface area contributed by atoms with Crippen molar-refractivity contribution in [1.82, 2.24) is 4.57 Å². The fourth-order valence-electron chi connectivity index (χ4n) is 1.80. The molecule has 98 valence electrons. The van der Waals surface area contributed by atoms with E-state index in [2.05, 4.69) is 15.9 Å². The molecular weight excluding hydrogens is 310 g/mol. The van der Waals surface area contributed by atoms with Crippen LogP contribution in [-0.2, 0) is 4.79 Å². The van der Waals surface area contributed by atoms with Gasteiger partial charge in [-0.1, -0.05) is 30.3 Å². The van der Waals surface area contributed by atoms with Crippen LogP contribution in [0.1, 0.15) is 18.6 Å². The second-order valence-corrected chi connectivity index (χ2v) is 4.80. The molecule has 0 saturated carbocycles. The number of esters is 1. The summed E-state index contributed by atoms with van der Waals surface area (Å²) in [5.74, 6) is -0.250. The number of aromatic nitrogens is 1. The van der Waals surface area contributed by atoms with Crippen molar-refractivity contribution in [2.24, 2.45) is 0 Å². The van der Waals surface area contributed by atoms with E-state index in [0.29, 0.717) is 15.9 Å². The van der Waals surface area contributed by atoms with E-state index < -0.39 is 5.97 Å². The Labute approximate surface area is 119 Å². The number of carbonyl (C=O) groups is 2. The fraction of sp³-hybridized carbons (Fsp3) is 0.143. The second-order valence-electron chi connectivity index (χ2n) is 4.00. The first kappa shape index (κ1) is 13.5. The van der Waals surface area contributed by atoms with Crippen molar-refractivity contribution >= 4 is 27.8 Å². The van der Waals surface area contributed by atoms with E-state index in [-0.39, 0.29) is 5.91 Å². The molecule has 0 unspecified atom stereocenters. The third kappa shape index (κ3) is 2.76. The van der Waals surface area contributed by atoms with E-state index in [1.54, 1.807) is 0 Å². The number of hydrogen-bond acceptors (Lipinski definition) is 3. The molecule has 1 aromatic heterocycles. The summed E-state index contributed by atoms with van der Waals surface area (Å²) < 4.78 is 7.12. The predicted molar refractivity (Wildman–Crippen MR) is 75.2 cm³/mol. The Morgan fingerprint density at radius 3 is 2.32 bits per heavy atom. The van der Waals surface area contributed by atoms with Crippen molar-refractivity contribution < 1.29 is 14.3 Å². The van der Waals surface area contributed by atoms with Crippen molar-refractivity contribution in [1.29, 1.82) is 0 Å². The lowest BCUT2D eigenvalue weighted by molar-refractivity contribution is -0.131. The summed E-state index contributed by atoms with van der Waals surface area (Å²) in [5, 5.41) is 0. The van der Waals surface area contributed by atoms with Gasteiger partial charge in [0, 0.05) is 13.8 Å². The molecule has 0 saturated heterocycles. The zero-order valence-electron chi connectivity index (χ0n) is 10.5. The Bertz CT molecular complexity index is 632. The van der Waals surface area contributed by atoms with Crippen LogP contribution in [0, 0.1) is 0 Å². The van der Waals surface area contributed by atoms with Crippen molar-refractivity contribution in [3.05, 3.63) is 41.0 Å². The first-order valence-corrected chi connectivity index (χ1v) is 6.45. The van der Waals surface area contributed by atoms with Gasteiger partial charge in [0.1, 0.15) is 0 Å². The molecule has 0 aliphatic rings. The summed E-state index contributed by atoms with van der Waals surface area (Å²) in [4.78, 5) is 22.7. The van der Waals surface area contributed by atoms with Crippen LogP contribution in [0.2, 0.25) is 0 Å². The largest absolute Gasteiger partial charge is 0.424 e. The third-order valence-corrected chi connectivity index (χ3v) is 3.32. The first-order valence-electron chi connectivity index (χ1n) is 5.66. The Hall–Kier alpha value is -1.88. The minimum Gasteiger partial charge on any atom is -0.424 e. The topological polar surface area (TPSA) is 48.3 Å². The summed E-state index contributed by atoms with van der Waals surface area (Å²) in [6, 6.07) is 9.43. The number of rotatable bonds is 2. The molecule has 0 aliphatic heterocycles. The summed E-state index contributed by atoms with van der Waals surface area (Å²) in [6.07, 6.45) is 1.51. The lowest BCUT2D eigenvalue weighted by atomic mass is 10.1. The minimum absolute atomic E-state index is 0.155. The highest BCUT2D eigenvalue weighted by molar-refractivity contribution is 9.10. The van der Waals surface area contributed by atoms with Gasteiger partial charge in [0.2, 0.25) is 5.91 Å². The van der Waals surface area contributed by atoms with Gasteiger partial charge in [0.15, 0.2) is 5.75 Å². The molecule has 2 aromatic rings. The van der Waals surface area contributed by atoms with E-state index >= 15 is 0 Å². The smallest absolute Gasteiger partial charge is 0.308 e. The van der Waals surface area contributed by atoms with Crippen LogP contribution in [0.25, 0.3) is 11.3 Å². The molecule has 0 aliphatic carbocycles. The average molecular weight is 322 g/mol. The molecule has 19 heavy (non-hydrogen) atoms. The molecule has 1 aromatic carbocycles. The number of ether oxygens (including phenoxy) is 1. The van der Waals surface area contributed by atoms with Crippen molar-refractivity contribution in [3.63, 3.8) is 0 Å². The average Bonchev–Trinajstić information content (AvgIpc) is 2.67. The number of carbonyl (C=O) groups excluding carboxylic acids is 2. The van der Waals surface area contributed by atoms with Crippen LogP contribution < -0.4 is 4.74 Å². The van der Waals surface area contributed by atoms with E-state index in [9.17, 15) is 9.59 Å². The predicted octanol–water partition coefficient (Wildman–Crippen LogP) is 3.50.